The Morgan fingerprint density at radius 2 is 2.10 bits per heavy atom. The van der Waals surface area contributed by atoms with Crippen molar-refractivity contribution in [2.75, 3.05) is 6.61 Å². The smallest absolute Gasteiger partial charge is 0.338 e. The van der Waals surface area contributed by atoms with Crippen LogP contribution in [0.1, 0.15) is 48.3 Å². The minimum atomic E-state index is -0.198. The number of nitrogens with one attached hydrogen (secondary N) is 1. The summed E-state index contributed by atoms with van der Waals surface area (Å²) in [7, 11) is 0. The van der Waals surface area contributed by atoms with Gasteiger partial charge in [-0.25, -0.2) is 4.79 Å². The van der Waals surface area contributed by atoms with Crippen LogP contribution in [0.15, 0.2) is 18.2 Å². The predicted octanol–water partition coefficient (Wildman–Crippen LogP) is 3.86. The van der Waals surface area contributed by atoms with Crippen molar-refractivity contribution >= 4 is 16.9 Å². The number of aromatic amines is 1. The summed E-state index contributed by atoms with van der Waals surface area (Å²) in [5.41, 5.74) is 4.40. The Labute approximate surface area is 119 Å². The zero-order chi connectivity index (χ0) is 14.1. The van der Waals surface area contributed by atoms with Crippen LogP contribution < -0.4 is 0 Å². The minimum absolute atomic E-state index is 0.198. The molecule has 0 fully saturated rings. The lowest BCUT2D eigenvalue weighted by molar-refractivity contribution is 0.0461. The van der Waals surface area contributed by atoms with Crippen LogP contribution in [-0.4, -0.2) is 17.6 Å². The first-order valence-electron chi connectivity index (χ1n) is 7.46. The fourth-order valence-electron chi connectivity index (χ4n) is 2.95. The number of carbonyl (C=O) groups is 1. The van der Waals surface area contributed by atoms with Gasteiger partial charge in [0.05, 0.1) is 12.2 Å². The van der Waals surface area contributed by atoms with Crippen LogP contribution in [0.25, 0.3) is 10.9 Å². The molecule has 3 nitrogen and oxygen atoms in total. The number of esters is 1. The van der Waals surface area contributed by atoms with E-state index in [4.69, 9.17) is 4.74 Å². The second kappa shape index (κ2) is 5.31. The van der Waals surface area contributed by atoms with Crippen molar-refractivity contribution < 1.29 is 9.53 Å². The van der Waals surface area contributed by atoms with Gasteiger partial charge in [-0.05, 0) is 49.3 Å². The summed E-state index contributed by atoms with van der Waals surface area (Å²) in [6.07, 6.45) is 4.58. The van der Waals surface area contributed by atoms with Crippen molar-refractivity contribution in [3.05, 3.63) is 35.0 Å². The maximum Gasteiger partial charge on any atom is 0.338 e. The first-order chi connectivity index (χ1) is 9.66. The van der Waals surface area contributed by atoms with E-state index in [1.165, 1.54) is 24.1 Å². The van der Waals surface area contributed by atoms with E-state index in [1.54, 1.807) is 0 Å². The number of aryl methyl sites for hydroxylation is 2. The molecule has 1 aromatic carbocycles. The molecule has 1 aromatic heterocycles. The van der Waals surface area contributed by atoms with Crippen molar-refractivity contribution in [1.82, 2.24) is 4.98 Å². The van der Waals surface area contributed by atoms with Crippen LogP contribution in [0.4, 0.5) is 0 Å². The lowest BCUT2D eigenvalue weighted by atomic mass is 9.94. The summed E-state index contributed by atoms with van der Waals surface area (Å²) in [5.74, 6) is 0.162. The van der Waals surface area contributed by atoms with Gasteiger partial charge in [0.25, 0.3) is 0 Å². The van der Waals surface area contributed by atoms with Gasteiger partial charge >= 0.3 is 5.97 Å². The number of hydrogen-bond acceptors (Lipinski definition) is 2. The first kappa shape index (κ1) is 13.2. The highest BCUT2D eigenvalue weighted by Crippen LogP contribution is 2.31. The molecular weight excluding hydrogens is 250 g/mol. The van der Waals surface area contributed by atoms with E-state index in [-0.39, 0.29) is 5.97 Å². The Kier molecular flexibility index (Phi) is 3.51. The van der Waals surface area contributed by atoms with E-state index in [1.807, 2.05) is 32.0 Å². The minimum Gasteiger partial charge on any atom is -0.462 e. The highest BCUT2D eigenvalue weighted by atomic mass is 16.5. The van der Waals surface area contributed by atoms with Gasteiger partial charge in [-0.15, -0.1) is 0 Å². The second-order valence-corrected chi connectivity index (χ2v) is 6.01. The molecular formula is C17H21NO2. The molecule has 1 heterocycles. The third-order valence-electron chi connectivity index (χ3n) is 3.89. The maximum atomic E-state index is 12.3. The van der Waals surface area contributed by atoms with E-state index < -0.39 is 0 Å². The predicted molar refractivity (Wildman–Crippen MR) is 80.1 cm³/mol. The van der Waals surface area contributed by atoms with Crippen LogP contribution in [0.5, 0.6) is 0 Å². The Morgan fingerprint density at radius 3 is 2.90 bits per heavy atom. The molecule has 3 heteroatoms. The lowest BCUT2D eigenvalue weighted by Crippen LogP contribution is -2.11. The van der Waals surface area contributed by atoms with E-state index in [0.29, 0.717) is 18.1 Å². The van der Waals surface area contributed by atoms with Gasteiger partial charge in [-0.1, -0.05) is 19.9 Å². The molecule has 0 radical (unpaired) electrons. The van der Waals surface area contributed by atoms with Crippen molar-refractivity contribution in [3.8, 4) is 0 Å². The largest absolute Gasteiger partial charge is 0.462 e. The van der Waals surface area contributed by atoms with Crippen molar-refractivity contribution in [3.63, 3.8) is 0 Å². The van der Waals surface area contributed by atoms with Gasteiger partial charge in [0, 0.05) is 16.6 Å². The lowest BCUT2D eigenvalue weighted by Gasteiger charge is -2.12. The van der Waals surface area contributed by atoms with Crippen LogP contribution in [-0.2, 0) is 17.6 Å². The Bertz CT molecular complexity index is 640. The van der Waals surface area contributed by atoms with E-state index in [2.05, 4.69) is 4.98 Å². The molecule has 0 bridgehead atoms. The van der Waals surface area contributed by atoms with Crippen LogP contribution in [0.3, 0.4) is 0 Å². The van der Waals surface area contributed by atoms with Gasteiger partial charge in [0.15, 0.2) is 0 Å². The topological polar surface area (TPSA) is 42.1 Å². The fraction of sp³-hybridized carbons (Fsp3) is 0.471. The van der Waals surface area contributed by atoms with Crippen LogP contribution in [0, 0.1) is 5.92 Å². The van der Waals surface area contributed by atoms with Crippen molar-refractivity contribution in [2.45, 2.75) is 39.5 Å². The average Bonchev–Trinajstić information content (AvgIpc) is 2.83. The number of benzene rings is 1. The summed E-state index contributed by atoms with van der Waals surface area (Å²) in [6, 6.07) is 5.86. The molecule has 0 amide bonds. The molecule has 2 aromatic rings. The first-order valence-corrected chi connectivity index (χ1v) is 7.46. The summed E-state index contributed by atoms with van der Waals surface area (Å²) < 4.78 is 5.41. The Morgan fingerprint density at radius 1 is 1.30 bits per heavy atom. The maximum absolute atomic E-state index is 12.3. The van der Waals surface area contributed by atoms with Gasteiger partial charge in [-0.2, -0.15) is 0 Å². The highest BCUT2D eigenvalue weighted by Gasteiger charge is 2.21. The molecule has 0 atom stereocenters. The number of aromatic nitrogens is 1. The van der Waals surface area contributed by atoms with E-state index in [0.717, 1.165) is 23.7 Å². The van der Waals surface area contributed by atoms with Crippen LogP contribution in [0.2, 0.25) is 0 Å². The molecule has 20 heavy (non-hydrogen) atoms. The monoisotopic (exact) mass is 271 g/mol. The third-order valence-corrected chi connectivity index (χ3v) is 3.89. The molecule has 3 rings (SSSR count). The van der Waals surface area contributed by atoms with Gasteiger partial charge in [0.2, 0.25) is 0 Å². The number of H-pyrrole nitrogens is 1. The molecule has 1 aliphatic rings. The van der Waals surface area contributed by atoms with Gasteiger partial charge in [-0.3, -0.25) is 0 Å². The number of fused-ring (bicyclic) bond motifs is 3. The highest BCUT2D eigenvalue weighted by molar-refractivity contribution is 6.05. The summed E-state index contributed by atoms with van der Waals surface area (Å²) in [5, 5.41) is 1.08. The Hall–Kier alpha value is -1.77. The summed E-state index contributed by atoms with van der Waals surface area (Å²) >= 11 is 0. The van der Waals surface area contributed by atoms with Gasteiger partial charge in [0.1, 0.15) is 0 Å². The zero-order valence-electron chi connectivity index (χ0n) is 12.2. The molecule has 0 saturated carbocycles. The summed E-state index contributed by atoms with van der Waals surface area (Å²) in [6.45, 7) is 4.57. The second-order valence-electron chi connectivity index (χ2n) is 6.01. The number of rotatable bonds is 3. The number of hydrogen-bond donors (Lipinski definition) is 1. The average molecular weight is 271 g/mol. The number of ether oxygens (including phenoxy) is 1. The third kappa shape index (κ3) is 2.33. The molecule has 0 aliphatic heterocycles. The SMILES string of the molecule is CC(C)COC(=O)c1cccc2[nH]c3c(c12)CCCC3. The summed E-state index contributed by atoms with van der Waals surface area (Å²) in [4.78, 5) is 15.8. The van der Waals surface area contributed by atoms with Gasteiger partial charge < -0.3 is 9.72 Å². The van der Waals surface area contributed by atoms with Crippen molar-refractivity contribution in [1.29, 1.82) is 0 Å². The van der Waals surface area contributed by atoms with E-state index in [9.17, 15) is 4.79 Å². The standard InChI is InChI=1S/C17H21NO2/c1-11(2)10-20-17(19)13-7-5-9-15-16(13)12-6-3-4-8-14(12)18-15/h5,7,9,11,18H,3-4,6,8,10H2,1-2H3. The molecule has 1 aliphatic carbocycles. The van der Waals surface area contributed by atoms with Crippen molar-refractivity contribution in [2.24, 2.45) is 5.92 Å². The molecule has 106 valence electrons. The fourth-order valence-corrected chi connectivity index (χ4v) is 2.95. The number of carbonyl (C=O) groups excluding carboxylic acids is 1. The molecule has 1 N–H and O–H groups in total. The molecule has 0 spiro atoms. The molecule has 0 unspecified atom stereocenters. The normalized spacial score (nSPS) is 14.6. The zero-order valence-corrected chi connectivity index (χ0v) is 12.2. The Balaban J connectivity index is 2.02. The molecule has 0 saturated heterocycles. The van der Waals surface area contributed by atoms with E-state index >= 15 is 0 Å². The quantitative estimate of drug-likeness (QED) is 0.861. The van der Waals surface area contributed by atoms with Crippen LogP contribution >= 0.6 is 0 Å².